The number of aliphatic carboxylic acids is 1. The van der Waals surface area contributed by atoms with Crippen LogP contribution >= 0.6 is 0 Å². The summed E-state index contributed by atoms with van der Waals surface area (Å²) in [7, 11) is 0. The zero-order valence-corrected chi connectivity index (χ0v) is 7.60. The van der Waals surface area contributed by atoms with E-state index in [1.54, 1.807) is 0 Å². The molecule has 78 valence electrons. The summed E-state index contributed by atoms with van der Waals surface area (Å²) in [5.41, 5.74) is 0. The number of carbonyl (C=O) groups is 2. The van der Waals surface area contributed by atoms with Crippen molar-refractivity contribution in [3.63, 3.8) is 0 Å². The molecule has 0 aromatic rings. The van der Waals surface area contributed by atoms with E-state index >= 15 is 0 Å². The van der Waals surface area contributed by atoms with Crippen molar-refractivity contribution in [3.05, 3.63) is 0 Å². The smallest absolute Gasteiger partial charge is 0.411 e. The van der Waals surface area contributed by atoms with E-state index < -0.39 is 18.2 Å². The first-order valence-corrected chi connectivity index (χ1v) is 4.59. The maximum absolute atomic E-state index is 11.3. The summed E-state index contributed by atoms with van der Waals surface area (Å²) >= 11 is 0. The highest BCUT2D eigenvalue weighted by molar-refractivity contribution is 5.81. The van der Waals surface area contributed by atoms with E-state index in [0.29, 0.717) is 0 Å². The number of nitrogens with one attached hydrogen (secondary N) is 1. The van der Waals surface area contributed by atoms with Gasteiger partial charge < -0.3 is 15.2 Å². The summed E-state index contributed by atoms with van der Waals surface area (Å²) in [4.78, 5) is 23.4. The van der Waals surface area contributed by atoms with Gasteiger partial charge in [0.25, 0.3) is 0 Å². The Morgan fingerprint density at radius 1 is 1.64 bits per heavy atom. The summed E-state index contributed by atoms with van der Waals surface area (Å²) in [6, 6.07) is 0.0897. The fraction of sp³-hybridized carbons (Fsp3) is 0.750. The molecule has 6 nitrogen and oxygen atoms in total. The van der Waals surface area contributed by atoms with Crippen LogP contribution in [-0.4, -0.2) is 53.8 Å². The normalized spacial score (nSPS) is 32.0. The van der Waals surface area contributed by atoms with E-state index in [-0.39, 0.29) is 12.6 Å². The monoisotopic (exact) mass is 200 g/mol. The molecule has 0 saturated carbocycles. The molecule has 0 aliphatic carbocycles. The number of carbonyl (C=O) groups excluding carboxylic acids is 1. The lowest BCUT2D eigenvalue weighted by Gasteiger charge is -2.19. The topological polar surface area (TPSA) is 78.9 Å². The third kappa shape index (κ3) is 1.52. The summed E-state index contributed by atoms with van der Waals surface area (Å²) in [5, 5.41) is 11.8. The quantitative estimate of drug-likeness (QED) is 0.613. The van der Waals surface area contributed by atoms with Gasteiger partial charge in [0.05, 0.1) is 6.54 Å². The Morgan fingerprint density at radius 3 is 2.93 bits per heavy atom. The Kier molecular flexibility index (Phi) is 2.28. The Hall–Kier alpha value is -1.30. The van der Waals surface area contributed by atoms with Crippen LogP contribution < -0.4 is 5.32 Å². The van der Waals surface area contributed by atoms with Crippen molar-refractivity contribution in [2.75, 3.05) is 19.6 Å². The molecule has 2 rings (SSSR count). The van der Waals surface area contributed by atoms with Gasteiger partial charge >= 0.3 is 12.1 Å². The van der Waals surface area contributed by atoms with E-state index in [1.165, 1.54) is 4.90 Å². The molecule has 2 atom stereocenters. The lowest BCUT2D eigenvalue weighted by molar-refractivity contribution is -0.144. The van der Waals surface area contributed by atoms with Crippen LogP contribution in [0.25, 0.3) is 0 Å². The summed E-state index contributed by atoms with van der Waals surface area (Å²) in [5.74, 6) is -1.08. The Morgan fingerprint density at radius 2 is 2.43 bits per heavy atom. The maximum Gasteiger partial charge on any atom is 0.411 e. The highest BCUT2D eigenvalue weighted by Gasteiger charge is 2.40. The van der Waals surface area contributed by atoms with Crippen LogP contribution in [0.4, 0.5) is 4.79 Å². The van der Waals surface area contributed by atoms with Crippen molar-refractivity contribution in [2.24, 2.45) is 0 Å². The zero-order chi connectivity index (χ0) is 10.1. The van der Waals surface area contributed by atoms with Crippen LogP contribution in [0.3, 0.4) is 0 Å². The van der Waals surface area contributed by atoms with Crippen molar-refractivity contribution in [1.29, 1.82) is 0 Å². The second-order valence-electron chi connectivity index (χ2n) is 3.51. The minimum Gasteiger partial charge on any atom is -0.478 e. The van der Waals surface area contributed by atoms with Gasteiger partial charge in [-0.25, -0.2) is 9.59 Å². The number of cyclic esters (lactones) is 1. The number of carboxylic acids is 1. The average Bonchev–Trinajstić information content (AvgIpc) is 2.71. The van der Waals surface area contributed by atoms with Crippen molar-refractivity contribution >= 4 is 12.1 Å². The molecule has 0 bridgehead atoms. The predicted octanol–water partition coefficient (Wildman–Crippen LogP) is -0.746. The third-order valence-electron chi connectivity index (χ3n) is 2.59. The highest BCUT2D eigenvalue weighted by atomic mass is 16.6. The van der Waals surface area contributed by atoms with E-state index in [4.69, 9.17) is 9.84 Å². The van der Waals surface area contributed by atoms with Crippen molar-refractivity contribution in [1.82, 2.24) is 10.2 Å². The van der Waals surface area contributed by atoms with Crippen LogP contribution in [0.5, 0.6) is 0 Å². The highest BCUT2D eigenvalue weighted by Crippen LogP contribution is 2.18. The van der Waals surface area contributed by atoms with Crippen molar-refractivity contribution in [2.45, 2.75) is 18.6 Å². The van der Waals surface area contributed by atoms with E-state index in [9.17, 15) is 9.59 Å². The minimum atomic E-state index is -1.08. The molecule has 6 heteroatoms. The Balaban J connectivity index is 2.00. The molecule has 2 aliphatic heterocycles. The molecule has 1 amide bonds. The van der Waals surface area contributed by atoms with Gasteiger partial charge in [-0.05, 0) is 13.0 Å². The lowest BCUT2D eigenvalue weighted by Crippen LogP contribution is -2.38. The molecule has 2 fully saturated rings. The first kappa shape index (κ1) is 9.26. The molecular weight excluding hydrogens is 188 g/mol. The minimum absolute atomic E-state index is 0.0897. The van der Waals surface area contributed by atoms with Crippen LogP contribution in [-0.2, 0) is 9.53 Å². The molecule has 0 aromatic carbocycles. The molecule has 0 spiro atoms. The van der Waals surface area contributed by atoms with Gasteiger partial charge in [0, 0.05) is 12.6 Å². The van der Waals surface area contributed by atoms with Crippen LogP contribution in [0.15, 0.2) is 0 Å². The molecule has 2 heterocycles. The SMILES string of the molecule is O=C(O)[C@H]1CN(C2CCNC2)C(=O)O1. The molecule has 14 heavy (non-hydrogen) atoms. The summed E-state index contributed by atoms with van der Waals surface area (Å²) < 4.78 is 4.71. The first-order valence-electron chi connectivity index (χ1n) is 4.59. The molecule has 2 N–H and O–H groups in total. The largest absolute Gasteiger partial charge is 0.478 e. The Labute approximate surface area is 80.8 Å². The van der Waals surface area contributed by atoms with Gasteiger partial charge in [0.15, 0.2) is 0 Å². The van der Waals surface area contributed by atoms with Crippen LogP contribution in [0, 0.1) is 0 Å². The van der Waals surface area contributed by atoms with E-state index in [2.05, 4.69) is 5.32 Å². The maximum atomic E-state index is 11.3. The standard InChI is InChI=1S/C8H12N2O4/c11-7(12)6-4-10(8(13)14-6)5-1-2-9-3-5/h5-6,9H,1-4H2,(H,11,12)/t5?,6-/m1/s1. The number of carboxylic acid groups (broad SMARTS) is 1. The molecule has 1 unspecified atom stereocenters. The summed E-state index contributed by atoms with van der Waals surface area (Å²) in [6.45, 7) is 1.76. The zero-order valence-electron chi connectivity index (χ0n) is 7.60. The third-order valence-corrected chi connectivity index (χ3v) is 2.59. The summed E-state index contributed by atoms with van der Waals surface area (Å²) in [6.07, 6.45) is -0.643. The fourth-order valence-electron chi connectivity index (χ4n) is 1.81. The van der Waals surface area contributed by atoms with Crippen LogP contribution in [0.2, 0.25) is 0 Å². The molecule has 0 aromatic heterocycles. The Bertz CT molecular complexity index is 262. The van der Waals surface area contributed by atoms with Crippen molar-refractivity contribution < 1.29 is 19.4 Å². The van der Waals surface area contributed by atoms with Gasteiger partial charge in [0.1, 0.15) is 0 Å². The van der Waals surface area contributed by atoms with Gasteiger partial charge in [-0.2, -0.15) is 0 Å². The first-order chi connectivity index (χ1) is 6.68. The molecular formula is C8H12N2O4. The van der Waals surface area contributed by atoms with Gasteiger partial charge in [-0.1, -0.05) is 0 Å². The van der Waals surface area contributed by atoms with E-state index in [0.717, 1.165) is 19.5 Å². The molecule has 0 radical (unpaired) electrons. The molecule has 2 aliphatic rings. The van der Waals surface area contributed by atoms with Crippen molar-refractivity contribution in [3.8, 4) is 0 Å². The number of rotatable bonds is 2. The molecule has 2 saturated heterocycles. The number of hydrogen-bond acceptors (Lipinski definition) is 4. The fourth-order valence-corrected chi connectivity index (χ4v) is 1.81. The van der Waals surface area contributed by atoms with E-state index in [1.807, 2.05) is 0 Å². The number of ether oxygens (including phenoxy) is 1. The van der Waals surface area contributed by atoms with Gasteiger partial charge in [-0.15, -0.1) is 0 Å². The van der Waals surface area contributed by atoms with Gasteiger partial charge in [-0.3, -0.25) is 4.90 Å². The second-order valence-corrected chi connectivity index (χ2v) is 3.51. The average molecular weight is 200 g/mol. The number of hydrogen-bond donors (Lipinski definition) is 2. The second kappa shape index (κ2) is 3.45. The van der Waals surface area contributed by atoms with Gasteiger partial charge in [0.2, 0.25) is 6.10 Å². The lowest BCUT2D eigenvalue weighted by atomic mass is 10.2. The van der Waals surface area contributed by atoms with Crippen LogP contribution in [0.1, 0.15) is 6.42 Å². The number of nitrogens with zero attached hydrogens (tertiary/aromatic N) is 1. The predicted molar refractivity (Wildman–Crippen MR) is 45.9 cm³/mol. The number of amides is 1.